The number of aromatic amines is 1. The maximum absolute atomic E-state index is 5.41. The van der Waals surface area contributed by atoms with Gasteiger partial charge in [-0.25, -0.2) is 0 Å². The van der Waals surface area contributed by atoms with Crippen molar-refractivity contribution in [3.63, 3.8) is 0 Å². The zero-order valence-corrected chi connectivity index (χ0v) is 21.8. The number of pyridine rings is 1. The number of benzene rings is 3. The molecule has 5 rings (SSSR count). The van der Waals surface area contributed by atoms with E-state index in [2.05, 4.69) is 106 Å². The van der Waals surface area contributed by atoms with E-state index in [4.69, 9.17) is 4.74 Å². The van der Waals surface area contributed by atoms with Crippen molar-refractivity contribution in [2.75, 3.05) is 7.11 Å². The summed E-state index contributed by atoms with van der Waals surface area (Å²) in [5.74, 6) is 0.797. The Hall–Kier alpha value is -3.59. The number of hydrogen-bond acceptors (Lipinski definition) is 2. The van der Waals surface area contributed by atoms with Gasteiger partial charge in [0.05, 0.1) is 18.5 Å². The van der Waals surface area contributed by atoms with E-state index in [1.807, 2.05) is 12.1 Å². The van der Waals surface area contributed by atoms with Crippen LogP contribution < -0.4 is 4.74 Å². The summed E-state index contributed by atoms with van der Waals surface area (Å²) in [4.78, 5) is 8.23. The molecule has 2 heterocycles. The van der Waals surface area contributed by atoms with Gasteiger partial charge >= 0.3 is 0 Å². The van der Waals surface area contributed by atoms with Crippen LogP contribution in [0, 0.1) is 0 Å². The number of fused-ring (bicyclic) bond motifs is 2. The zero-order valence-electron chi connectivity index (χ0n) is 21.8. The van der Waals surface area contributed by atoms with Crippen LogP contribution in [0.15, 0.2) is 72.9 Å². The summed E-state index contributed by atoms with van der Waals surface area (Å²) < 4.78 is 5.41. The Morgan fingerprint density at radius 3 is 2.06 bits per heavy atom. The van der Waals surface area contributed by atoms with E-state index in [0.29, 0.717) is 0 Å². The first-order valence-electron chi connectivity index (χ1n) is 12.3. The Morgan fingerprint density at radius 2 is 1.34 bits per heavy atom. The SMILES string of the molecule is COc1ccnc(-c2ccc(-c3c4ccc(C(C)(C)C)cc4cc4ccc(C(C)(C)C)cc34)[nH]2)c1. The number of H-pyrrole nitrogens is 1. The lowest BCUT2D eigenvalue weighted by Gasteiger charge is -2.22. The largest absolute Gasteiger partial charge is 0.497 e. The lowest BCUT2D eigenvalue weighted by atomic mass is 9.82. The average molecular weight is 463 g/mol. The molecule has 0 radical (unpaired) electrons. The van der Waals surface area contributed by atoms with Crippen LogP contribution in [0.1, 0.15) is 52.7 Å². The van der Waals surface area contributed by atoms with Gasteiger partial charge in [-0.15, -0.1) is 0 Å². The minimum Gasteiger partial charge on any atom is -0.497 e. The van der Waals surface area contributed by atoms with E-state index in [-0.39, 0.29) is 10.8 Å². The van der Waals surface area contributed by atoms with Crippen molar-refractivity contribution >= 4 is 21.5 Å². The number of ether oxygens (including phenoxy) is 1. The summed E-state index contributed by atoms with van der Waals surface area (Å²) in [7, 11) is 1.68. The number of rotatable bonds is 3. The summed E-state index contributed by atoms with van der Waals surface area (Å²) >= 11 is 0. The molecule has 2 aromatic heterocycles. The van der Waals surface area contributed by atoms with E-state index in [1.54, 1.807) is 13.3 Å². The molecule has 0 atom stereocenters. The monoisotopic (exact) mass is 462 g/mol. The number of hydrogen-bond donors (Lipinski definition) is 1. The van der Waals surface area contributed by atoms with Gasteiger partial charge in [-0.05, 0) is 73.8 Å². The third kappa shape index (κ3) is 4.32. The fourth-order valence-electron chi connectivity index (χ4n) is 4.72. The van der Waals surface area contributed by atoms with Gasteiger partial charge in [0.2, 0.25) is 0 Å². The van der Waals surface area contributed by atoms with Crippen molar-refractivity contribution in [3.8, 4) is 28.4 Å². The summed E-state index contributed by atoms with van der Waals surface area (Å²) in [6.07, 6.45) is 1.78. The standard InChI is InChI=1S/C32H34N2O/c1-31(2,3)22-10-11-25-21(17-22)16-20-8-9-23(32(4,5)6)18-26(20)30(25)28-13-12-27(34-28)29-19-24(35-7)14-15-33-29/h8-19,34H,1-7H3. The second-order valence-corrected chi connectivity index (χ2v) is 11.5. The summed E-state index contributed by atoms with van der Waals surface area (Å²) in [5, 5.41) is 5.03. The molecule has 1 N–H and O–H groups in total. The quantitative estimate of drug-likeness (QED) is 0.272. The van der Waals surface area contributed by atoms with E-state index in [0.717, 1.165) is 22.8 Å². The second-order valence-electron chi connectivity index (χ2n) is 11.5. The fourth-order valence-corrected chi connectivity index (χ4v) is 4.72. The molecule has 0 aliphatic carbocycles. The van der Waals surface area contributed by atoms with E-state index in [1.165, 1.54) is 38.2 Å². The molecule has 0 fully saturated rings. The van der Waals surface area contributed by atoms with Crippen LogP contribution in [0.3, 0.4) is 0 Å². The van der Waals surface area contributed by atoms with Gasteiger partial charge in [0, 0.05) is 23.5 Å². The van der Waals surface area contributed by atoms with Crippen LogP contribution in [0.5, 0.6) is 5.75 Å². The highest BCUT2D eigenvalue weighted by atomic mass is 16.5. The molecule has 0 amide bonds. The van der Waals surface area contributed by atoms with Crippen molar-refractivity contribution in [3.05, 3.63) is 84.1 Å². The van der Waals surface area contributed by atoms with Crippen LogP contribution >= 0.6 is 0 Å². The summed E-state index contributed by atoms with van der Waals surface area (Å²) in [6, 6.07) is 24.3. The highest BCUT2D eigenvalue weighted by Crippen LogP contribution is 2.40. The molecule has 0 unspecified atom stereocenters. The Bertz CT molecular complexity index is 1540. The third-order valence-electron chi connectivity index (χ3n) is 6.88. The van der Waals surface area contributed by atoms with Gasteiger partial charge < -0.3 is 9.72 Å². The van der Waals surface area contributed by atoms with Crippen molar-refractivity contribution in [2.45, 2.75) is 52.4 Å². The molecule has 0 saturated carbocycles. The molecule has 5 aromatic rings. The maximum atomic E-state index is 5.41. The van der Waals surface area contributed by atoms with Gasteiger partial charge in [-0.3, -0.25) is 4.98 Å². The van der Waals surface area contributed by atoms with E-state index in [9.17, 15) is 0 Å². The Balaban J connectivity index is 1.79. The molecular weight excluding hydrogens is 428 g/mol. The predicted molar refractivity (Wildman–Crippen MR) is 148 cm³/mol. The molecule has 0 bridgehead atoms. The Labute approximate surface area is 208 Å². The molecule has 3 nitrogen and oxygen atoms in total. The highest BCUT2D eigenvalue weighted by molar-refractivity contribution is 6.12. The van der Waals surface area contributed by atoms with Crippen molar-refractivity contribution in [1.29, 1.82) is 0 Å². The van der Waals surface area contributed by atoms with E-state index >= 15 is 0 Å². The number of methoxy groups -OCH3 is 1. The highest BCUT2D eigenvalue weighted by Gasteiger charge is 2.20. The molecule has 178 valence electrons. The first-order valence-corrected chi connectivity index (χ1v) is 12.3. The first kappa shape index (κ1) is 23.2. The fraction of sp³-hybridized carbons (Fsp3) is 0.281. The molecule has 0 saturated heterocycles. The molecule has 0 aliphatic heterocycles. The molecule has 0 spiro atoms. The van der Waals surface area contributed by atoms with Gasteiger partial charge in [0.1, 0.15) is 5.75 Å². The number of nitrogens with one attached hydrogen (secondary N) is 1. The molecule has 0 aliphatic rings. The van der Waals surface area contributed by atoms with Crippen LogP contribution in [0.25, 0.3) is 44.2 Å². The Kier molecular flexibility index (Phi) is 5.47. The smallest absolute Gasteiger partial charge is 0.122 e. The minimum absolute atomic E-state index is 0.0713. The first-order chi connectivity index (χ1) is 16.5. The summed E-state index contributed by atoms with van der Waals surface area (Å²) in [6.45, 7) is 13.6. The van der Waals surface area contributed by atoms with Gasteiger partial charge in [0.15, 0.2) is 0 Å². The normalized spacial score (nSPS) is 12.4. The van der Waals surface area contributed by atoms with Gasteiger partial charge in [-0.1, -0.05) is 71.9 Å². The minimum atomic E-state index is 0.0713. The predicted octanol–water partition coefficient (Wildman–Crippen LogP) is 8.65. The molecular formula is C32H34N2O. The molecule has 3 heteroatoms. The lowest BCUT2D eigenvalue weighted by molar-refractivity contribution is 0.414. The van der Waals surface area contributed by atoms with Crippen molar-refractivity contribution in [1.82, 2.24) is 9.97 Å². The average Bonchev–Trinajstić information content (AvgIpc) is 3.30. The van der Waals surface area contributed by atoms with Crippen molar-refractivity contribution in [2.24, 2.45) is 0 Å². The number of aromatic nitrogens is 2. The summed E-state index contributed by atoms with van der Waals surface area (Å²) in [5.41, 5.74) is 7.01. The van der Waals surface area contributed by atoms with Crippen LogP contribution in [-0.2, 0) is 10.8 Å². The van der Waals surface area contributed by atoms with Gasteiger partial charge in [-0.2, -0.15) is 0 Å². The third-order valence-corrected chi connectivity index (χ3v) is 6.88. The van der Waals surface area contributed by atoms with Crippen LogP contribution in [0.4, 0.5) is 0 Å². The van der Waals surface area contributed by atoms with Crippen LogP contribution in [0.2, 0.25) is 0 Å². The van der Waals surface area contributed by atoms with Crippen molar-refractivity contribution < 1.29 is 4.74 Å². The van der Waals surface area contributed by atoms with Crippen LogP contribution in [-0.4, -0.2) is 17.1 Å². The Morgan fingerprint density at radius 1 is 0.657 bits per heavy atom. The second kappa shape index (κ2) is 8.27. The van der Waals surface area contributed by atoms with Gasteiger partial charge in [0.25, 0.3) is 0 Å². The molecule has 35 heavy (non-hydrogen) atoms. The topological polar surface area (TPSA) is 37.9 Å². The molecule has 3 aromatic carbocycles. The lowest BCUT2D eigenvalue weighted by Crippen LogP contribution is -2.11. The number of nitrogens with zero attached hydrogens (tertiary/aromatic N) is 1. The zero-order chi connectivity index (χ0) is 25.0. The maximum Gasteiger partial charge on any atom is 0.122 e. The van der Waals surface area contributed by atoms with E-state index < -0.39 is 0 Å².